The van der Waals surface area contributed by atoms with Gasteiger partial charge in [0.15, 0.2) is 0 Å². The van der Waals surface area contributed by atoms with Gasteiger partial charge in [0.05, 0.1) is 6.10 Å². The van der Waals surface area contributed by atoms with E-state index in [1.165, 1.54) is 10.4 Å². The second kappa shape index (κ2) is 4.61. The van der Waals surface area contributed by atoms with E-state index in [9.17, 15) is 5.11 Å². The Labute approximate surface area is 94.5 Å². The second-order valence-corrected chi connectivity index (χ2v) is 5.11. The molecule has 3 N–H and O–H groups in total. The zero-order valence-corrected chi connectivity index (χ0v) is 9.83. The van der Waals surface area contributed by atoms with E-state index in [1.807, 2.05) is 11.3 Å². The van der Waals surface area contributed by atoms with Crippen LogP contribution >= 0.6 is 11.3 Å². The molecule has 0 amide bonds. The van der Waals surface area contributed by atoms with E-state index in [-0.39, 0.29) is 0 Å². The molecule has 0 aliphatic carbocycles. The summed E-state index contributed by atoms with van der Waals surface area (Å²) in [5, 5.41) is 11.7. The molecular weight excluding hydrogens is 208 g/mol. The van der Waals surface area contributed by atoms with Crippen LogP contribution in [-0.2, 0) is 6.42 Å². The molecule has 4 heteroatoms. The maximum atomic E-state index is 9.56. The lowest BCUT2D eigenvalue weighted by Crippen LogP contribution is -2.41. The van der Waals surface area contributed by atoms with Gasteiger partial charge in [0, 0.05) is 30.6 Å². The minimum Gasteiger partial charge on any atom is -0.390 e. The molecular formula is C11H18N2OS. The molecule has 2 unspecified atom stereocenters. The summed E-state index contributed by atoms with van der Waals surface area (Å²) in [5.41, 5.74) is 6.86. The zero-order chi connectivity index (χ0) is 10.8. The molecule has 1 aliphatic heterocycles. The molecule has 1 aromatic heterocycles. The first-order valence-electron chi connectivity index (χ1n) is 5.41. The molecule has 0 fully saturated rings. The molecule has 2 rings (SSSR count). The molecule has 0 saturated carbocycles. The van der Waals surface area contributed by atoms with Gasteiger partial charge >= 0.3 is 0 Å². The molecule has 0 radical (unpaired) electrons. The predicted octanol–water partition coefficient (Wildman–Crippen LogP) is 0.987. The monoisotopic (exact) mass is 226 g/mol. The maximum Gasteiger partial charge on any atom is 0.0789 e. The van der Waals surface area contributed by atoms with Gasteiger partial charge in [-0.15, -0.1) is 11.3 Å². The lowest BCUT2D eigenvalue weighted by Gasteiger charge is -2.34. The van der Waals surface area contributed by atoms with Gasteiger partial charge in [-0.25, -0.2) is 0 Å². The van der Waals surface area contributed by atoms with Gasteiger partial charge in [-0.1, -0.05) is 0 Å². The molecule has 0 saturated heterocycles. The number of β-amino-alcohol motifs (C(OH)–C–C–N with tert-alkyl or cyclic N) is 1. The van der Waals surface area contributed by atoms with Crippen LogP contribution in [0.3, 0.4) is 0 Å². The molecule has 3 nitrogen and oxygen atoms in total. The summed E-state index contributed by atoms with van der Waals surface area (Å²) in [4.78, 5) is 3.81. The van der Waals surface area contributed by atoms with Crippen LogP contribution in [0.4, 0.5) is 0 Å². The smallest absolute Gasteiger partial charge is 0.0789 e. The topological polar surface area (TPSA) is 49.5 Å². The van der Waals surface area contributed by atoms with Gasteiger partial charge in [-0.2, -0.15) is 0 Å². The van der Waals surface area contributed by atoms with E-state index in [0.717, 1.165) is 13.0 Å². The summed E-state index contributed by atoms with van der Waals surface area (Å²) in [6.07, 6.45) is 0.710. The predicted molar refractivity (Wildman–Crippen MR) is 63.1 cm³/mol. The number of hydrogen-bond acceptors (Lipinski definition) is 4. The first-order valence-corrected chi connectivity index (χ1v) is 6.28. The van der Waals surface area contributed by atoms with E-state index >= 15 is 0 Å². The minimum absolute atomic E-state index is 0.347. The molecule has 2 heterocycles. The summed E-state index contributed by atoms with van der Waals surface area (Å²) in [5.74, 6) is 0. The van der Waals surface area contributed by atoms with Crippen LogP contribution in [-0.4, -0.2) is 35.7 Å². The first-order chi connectivity index (χ1) is 7.22. The Balaban J connectivity index is 2.06. The van der Waals surface area contributed by atoms with Crippen molar-refractivity contribution in [3.63, 3.8) is 0 Å². The highest BCUT2D eigenvalue weighted by molar-refractivity contribution is 7.10. The van der Waals surface area contributed by atoms with Crippen molar-refractivity contribution in [1.29, 1.82) is 0 Å². The van der Waals surface area contributed by atoms with Crippen LogP contribution in [0.1, 0.15) is 23.4 Å². The Morgan fingerprint density at radius 1 is 1.73 bits per heavy atom. The van der Waals surface area contributed by atoms with Crippen LogP contribution in [0, 0.1) is 0 Å². The number of rotatable bonds is 3. The number of hydrogen-bond donors (Lipinski definition) is 2. The Morgan fingerprint density at radius 2 is 2.53 bits per heavy atom. The molecule has 15 heavy (non-hydrogen) atoms. The molecule has 0 bridgehead atoms. The number of nitrogens with two attached hydrogens (primary N) is 1. The summed E-state index contributed by atoms with van der Waals surface area (Å²) < 4.78 is 0. The Morgan fingerprint density at radius 3 is 3.27 bits per heavy atom. The molecule has 2 atom stereocenters. The second-order valence-electron chi connectivity index (χ2n) is 4.11. The summed E-state index contributed by atoms with van der Waals surface area (Å²) in [7, 11) is 0. The third-order valence-corrected chi connectivity index (χ3v) is 4.12. The Bertz CT molecular complexity index is 326. The normalized spacial score (nSPS) is 23.8. The van der Waals surface area contributed by atoms with Crippen molar-refractivity contribution in [3.8, 4) is 0 Å². The highest BCUT2D eigenvalue weighted by Crippen LogP contribution is 2.32. The average Bonchev–Trinajstić information content (AvgIpc) is 2.70. The van der Waals surface area contributed by atoms with Crippen molar-refractivity contribution in [2.45, 2.75) is 25.5 Å². The van der Waals surface area contributed by atoms with Crippen molar-refractivity contribution < 1.29 is 5.11 Å². The van der Waals surface area contributed by atoms with Crippen molar-refractivity contribution in [2.24, 2.45) is 5.73 Å². The first kappa shape index (κ1) is 11.1. The van der Waals surface area contributed by atoms with Gasteiger partial charge in [0.25, 0.3) is 0 Å². The van der Waals surface area contributed by atoms with Crippen molar-refractivity contribution in [3.05, 3.63) is 21.9 Å². The van der Waals surface area contributed by atoms with Crippen LogP contribution in [0.5, 0.6) is 0 Å². The van der Waals surface area contributed by atoms with E-state index in [2.05, 4.69) is 23.3 Å². The molecule has 84 valence electrons. The van der Waals surface area contributed by atoms with Crippen molar-refractivity contribution in [2.75, 3.05) is 19.6 Å². The fourth-order valence-corrected chi connectivity index (χ4v) is 3.12. The van der Waals surface area contributed by atoms with E-state index < -0.39 is 6.10 Å². The van der Waals surface area contributed by atoms with Crippen LogP contribution < -0.4 is 5.73 Å². The average molecular weight is 226 g/mol. The number of fused-ring (bicyclic) bond motifs is 1. The fourth-order valence-electron chi connectivity index (χ4n) is 2.16. The lowest BCUT2D eigenvalue weighted by atomic mass is 10.0. The summed E-state index contributed by atoms with van der Waals surface area (Å²) >= 11 is 1.84. The number of aliphatic hydroxyl groups is 1. The van der Waals surface area contributed by atoms with E-state index in [4.69, 9.17) is 5.73 Å². The highest BCUT2D eigenvalue weighted by Gasteiger charge is 2.25. The van der Waals surface area contributed by atoms with Gasteiger partial charge in [-0.05, 0) is 30.4 Å². The number of thiophene rings is 1. The van der Waals surface area contributed by atoms with Gasteiger partial charge in [-0.3, -0.25) is 4.90 Å². The van der Waals surface area contributed by atoms with Crippen molar-refractivity contribution in [1.82, 2.24) is 4.90 Å². The van der Waals surface area contributed by atoms with Gasteiger partial charge < -0.3 is 10.8 Å². The molecule has 1 aliphatic rings. The fraction of sp³-hybridized carbons (Fsp3) is 0.636. The van der Waals surface area contributed by atoms with E-state index in [1.54, 1.807) is 0 Å². The van der Waals surface area contributed by atoms with Crippen LogP contribution in [0.2, 0.25) is 0 Å². The zero-order valence-electron chi connectivity index (χ0n) is 9.02. The Hall–Kier alpha value is -0.420. The number of nitrogens with zero attached hydrogens (tertiary/aromatic N) is 1. The quantitative estimate of drug-likeness (QED) is 0.808. The molecule has 0 aromatic carbocycles. The standard InChI is InChI=1S/C11H18N2OS/c1-8-10-3-5-15-11(10)2-4-13(8)7-9(14)6-12/h3,5,8-9,14H,2,4,6-7,12H2,1H3. The highest BCUT2D eigenvalue weighted by atomic mass is 32.1. The summed E-state index contributed by atoms with van der Waals surface area (Å²) in [6.45, 7) is 4.27. The van der Waals surface area contributed by atoms with Gasteiger partial charge in [0.1, 0.15) is 0 Å². The lowest BCUT2D eigenvalue weighted by molar-refractivity contribution is 0.0922. The molecule has 1 aromatic rings. The van der Waals surface area contributed by atoms with Crippen molar-refractivity contribution >= 4 is 11.3 Å². The van der Waals surface area contributed by atoms with Crippen LogP contribution in [0.25, 0.3) is 0 Å². The Kier molecular flexibility index (Phi) is 3.41. The maximum absolute atomic E-state index is 9.56. The third kappa shape index (κ3) is 2.23. The summed E-state index contributed by atoms with van der Waals surface area (Å²) in [6, 6.07) is 2.62. The van der Waals surface area contributed by atoms with Gasteiger partial charge in [0.2, 0.25) is 0 Å². The third-order valence-electron chi connectivity index (χ3n) is 3.12. The van der Waals surface area contributed by atoms with Crippen LogP contribution in [0.15, 0.2) is 11.4 Å². The minimum atomic E-state index is -0.396. The SMILES string of the molecule is CC1c2ccsc2CCN1CC(O)CN. The largest absolute Gasteiger partial charge is 0.390 e. The molecule has 0 spiro atoms. The number of aliphatic hydroxyl groups excluding tert-OH is 1. The van der Waals surface area contributed by atoms with E-state index in [0.29, 0.717) is 19.1 Å².